The van der Waals surface area contributed by atoms with Crippen molar-refractivity contribution in [2.24, 2.45) is 0 Å². The average molecular weight is 435 g/mol. The van der Waals surface area contributed by atoms with Gasteiger partial charge in [-0.25, -0.2) is 4.79 Å². The largest absolute Gasteiger partial charge is 0.325 e. The van der Waals surface area contributed by atoms with Crippen molar-refractivity contribution in [2.45, 2.75) is 50.6 Å². The van der Waals surface area contributed by atoms with Crippen molar-refractivity contribution >= 4 is 23.5 Å². The van der Waals surface area contributed by atoms with Crippen molar-refractivity contribution in [1.82, 2.24) is 15.5 Å². The number of hydrogen-bond acceptors (Lipinski definition) is 4. The Morgan fingerprint density at radius 2 is 1.75 bits per heavy atom. The van der Waals surface area contributed by atoms with Crippen molar-refractivity contribution in [3.63, 3.8) is 0 Å². The maximum absolute atomic E-state index is 13.0. The summed E-state index contributed by atoms with van der Waals surface area (Å²) in [5.74, 6) is -0.253. The van der Waals surface area contributed by atoms with Crippen LogP contribution >= 0.6 is 0 Å². The van der Waals surface area contributed by atoms with Crippen LogP contribution in [0.4, 0.5) is 10.5 Å². The van der Waals surface area contributed by atoms with Gasteiger partial charge in [-0.15, -0.1) is 0 Å². The maximum Gasteiger partial charge on any atom is 0.325 e. The van der Waals surface area contributed by atoms with E-state index in [0.29, 0.717) is 19.5 Å². The van der Waals surface area contributed by atoms with Crippen molar-refractivity contribution in [1.29, 1.82) is 0 Å². The molecule has 1 saturated carbocycles. The van der Waals surface area contributed by atoms with Gasteiger partial charge in [0, 0.05) is 12.2 Å². The van der Waals surface area contributed by atoms with Gasteiger partial charge >= 0.3 is 6.03 Å². The lowest BCUT2D eigenvalue weighted by atomic mass is 9.98. The summed E-state index contributed by atoms with van der Waals surface area (Å²) in [6, 6.07) is 16.4. The van der Waals surface area contributed by atoms with Crippen molar-refractivity contribution in [3.05, 3.63) is 65.7 Å². The van der Waals surface area contributed by atoms with Gasteiger partial charge in [-0.1, -0.05) is 60.9 Å². The molecule has 2 aromatic carbocycles. The second-order valence-electron chi connectivity index (χ2n) is 8.68. The molecule has 1 aliphatic heterocycles. The monoisotopic (exact) mass is 434 g/mol. The molecule has 0 unspecified atom stereocenters. The van der Waals surface area contributed by atoms with Crippen molar-refractivity contribution < 1.29 is 14.4 Å². The topological polar surface area (TPSA) is 90.5 Å². The Bertz CT molecular complexity index is 968. The number of rotatable bonds is 8. The zero-order valence-corrected chi connectivity index (χ0v) is 18.4. The first-order valence-electron chi connectivity index (χ1n) is 11.3. The average Bonchev–Trinajstić information content (AvgIpc) is 3.35. The van der Waals surface area contributed by atoms with Gasteiger partial charge in [0.25, 0.3) is 5.91 Å². The molecular weight excluding hydrogens is 404 g/mol. The lowest BCUT2D eigenvalue weighted by Gasteiger charge is -2.21. The van der Waals surface area contributed by atoms with E-state index in [-0.39, 0.29) is 17.8 Å². The lowest BCUT2D eigenvalue weighted by molar-refractivity contribution is -0.131. The molecule has 7 nitrogen and oxygen atoms in total. The summed E-state index contributed by atoms with van der Waals surface area (Å²) in [6.45, 7) is 2.82. The van der Waals surface area contributed by atoms with E-state index in [1.807, 2.05) is 61.5 Å². The minimum atomic E-state index is -0.676. The van der Waals surface area contributed by atoms with Crippen molar-refractivity contribution in [2.75, 3.05) is 18.4 Å². The zero-order chi connectivity index (χ0) is 22.6. The second-order valence-corrected chi connectivity index (χ2v) is 8.68. The van der Waals surface area contributed by atoms with E-state index in [0.717, 1.165) is 42.5 Å². The summed E-state index contributed by atoms with van der Waals surface area (Å²) in [5.41, 5.74) is 2.05. The SMILES string of the molecule is Cc1ccc(NC(=O)[C@H](NCCCN2C(=O)NC3(CCCC3)C2=O)c2ccccc2)cc1. The maximum atomic E-state index is 13.0. The molecule has 1 aliphatic carbocycles. The van der Waals surface area contributed by atoms with Gasteiger partial charge in [-0.05, 0) is 50.4 Å². The molecule has 4 amide bonds. The Kier molecular flexibility index (Phi) is 6.55. The van der Waals surface area contributed by atoms with E-state index in [1.54, 1.807) is 0 Å². The molecule has 0 aromatic heterocycles. The van der Waals surface area contributed by atoms with Crippen LogP contribution in [0, 0.1) is 6.92 Å². The summed E-state index contributed by atoms with van der Waals surface area (Å²) in [7, 11) is 0. The molecule has 2 aliphatic rings. The first kappa shape index (κ1) is 22.0. The standard InChI is InChI=1S/C25H30N4O3/c1-18-10-12-20(13-11-18)27-22(30)21(19-8-3-2-4-9-19)26-16-7-17-29-23(31)25(28-24(29)32)14-5-6-15-25/h2-4,8-13,21,26H,5-7,14-17H2,1H3,(H,27,30)(H,28,32)/t21-/m1/s1. The first-order valence-corrected chi connectivity index (χ1v) is 11.3. The van der Waals surface area contributed by atoms with Crippen LogP contribution in [0.2, 0.25) is 0 Å². The fourth-order valence-corrected chi connectivity index (χ4v) is 4.54. The van der Waals surface area contributed by atoms with Gasteiger partial charge in [0.15, 0.2) is 0 Å². The second kappa shape index (κ2) is 9.53. The molecule has 0 bridgehead atoms. The molecule has 1 atom stereocenters. The van der Waals surface area contributed by atoms with Crippen LogP contribution in [-0.2, 0) is 9.59 Å². The van der Waals surface area contributed by atoms with E-state index in [9.17, 15) is 14.4 Å². The molecule has 2 fully saturated rings. The van der Waals surface area contributed by atoms with Gasteiger partial charge in [-0.3, -0.25) is 14.5 Å². The summed E-state index contributed by atoms with van der Waals surface area (Å²) < 4.78 is 0. The van der Waals surface area contributed by atoms with Gasteiger partial charge in [0.1, 0.15) is 11.6 Å². The Hall–Kier alpha value is -3.19. The van der Waals surface area contributed by atoms with Gasteiger partial charge in [0.2, 0.25) is 5.91 Å². The number of anilines is 1. The van der Waals surface area contributed by atoms with Crippen LogP contribution in [0.15, 0.2) is 54.6 Å². The molecule has 1 heterocycles. The minimum absolute atomic E-state index is 0.100. The first-order chi connectivity index (χ1) is 15.5. The highest BCUT2D eigenvalue weighted by Gasteiger charge is 2.51. The number of hydrogen-bond donors (Lipinski definition) is 3. The molecule has 3 N–H and O–H groups in total. The summed E-state index contributed by atoms with van der Waals surface area (Å²) in [4.78, 5) is 39.5. The number of nitrogens with zero attached hydrogens (tertiary/aromatic N) is 1. The van der Waals surface area contributed by atoms with Crippen LogP contribution in [0.3, 0.4) is 0 Å². The molecule has 4 rings (SSSR count). The Balaban J connectivity index is 1.35. The van der Waals surface area contributed by atoms with Crippen LogP contribution < -0.4 is 16.0 Å². The summed E-state index contributed by atoms with van der Waals surface area (Å²) in [5, 5.41) is 9.17. The third-order valence-electron chi connectivity index (χ3n) is 6.32. The van der Waals surface area contributed by atoms with Gasteiger partial charge < -0.3 is 16.0 Å². The van der Waals surface area contributed by atoms with E-state index in [1.165, 1.54) is 4.90 Å². The number of nitrogens with one attached hydrogen (secondary N) is 3. The van der Waals surface area contributed by atoms with Crippen LogP contribution in [-0.4, -0.2) is 41.4 Å². The fraction of sp³-hybridized carbons (Fsp3) is 0.400. The number of urea groups is 1. The molecule has 32 heavy (non-hydrogen) atoms. The number of amides is 4. The minimum Gasteiger partial charge on any atom is -0.324 e. The van der Waals surface area contributed by atoms with E-state index in [2.05, 4.69) is 16.0 Å². The predicted molar refractivity (Wildman–Crippen MR) is 123 cm³/mol. The zero-order valence-electron chi connectivity index (χ0n) is 18.4. The van der Waals surface area contributed by atoms with Gasteiger partial charge in [0.05, 0.1) is 0 Å². The van der Waals surface area contributed by atoms with Crippen molar-refractivity contribution in [3.8, 4) is 0 Å². The number of aryl methyl sites for hydroxylation is 1. The highest BCUT2D eigenvalue weighted by molar-refractivity contribution is 6.07. The van der Waals surface area contributed by atoms with E-state index in [4.69, 9.17) is 0 Å². The van der Waals surface area contributed by atoms with E-state index < -0.39 is 11.6 Å². The Labute approximate surface area is 188 Å². The number of benzene rings is 2. The smallest absolute Gasteiger partial charge is 0.324 e. The van der Waals surface area contributed by atoms with Gasteiger partial charge in [-0.2, -0.15) is 0 Å². The van der Waals surface area contributed by atoms with Crippen LogP contribution in [0.1, 0.15) is 49.3 Å². The third-order valence-corrected chi connectivity index (χ3v) is 6.32. The molecule has 0 radical (unpaired) electrons. The molecule has 168 valence electrons. The summed E-state index contributed by atoms with van der Waals surface area (Å²) >= 11 is 0. The molecule has 7 heteroatoms. The third kappa shape index (κ3) is 4.67. The van der Waals surface area contributed by atoms with E-state index >= 15 is 0 Å². The molecular formula is C25H30N4O3. The fourth-order valence-electron chi connectivity index (χ4n) is 4.54. The molecule has 2 aromatic rings. The number of imide groups is 1. The highest BCUT2D eigenvalue weighted by Crippen LogP contribution is 2.35. The highest BCUT2D eigenvalue weighted by atomic mass is 16.2. The predicted octanol–water partition coefficient (Wildman–Crippen LogP) is 3.52. The Morgan fingerprint density at radius 1 is 1.06 bits per heavy atom. The number of carbonyl (C=O) groups excluding carboxylic acids is 3. The molecule has 1 spiro atoms. The quantitative estimate of drug-likeness (QED) is 0.438. The van der Waals surface area contributed by atoms with Crippen LogP contribution in [0.5, 0.6) is 0 Å². The summed E-state index contributed by atoms with van der Waals surface area (Å²) in [6.07, 6.45) is 3.95. The van der Waals surface area contributed by atoms with Crippen LogP contribution in [0.25, 0.3) is 0 Å². The molecule has 1 saturated heterocycles. The lowest BCUT2D eigenvalue weighted by Crippen LogP contribution is -2.44. The number of carbonyl (C=O) groups is 3. The normalized spacial score (nSPS) is 18.1. The Morgan fingerprint density at radius 3 is 2.44 bits per heavy atom.